The normalized spacial score (nSPS) is 19.2. The van der Waals surface area contributed by atoms with Crippen LogP contribution in [-0.2, 0) is 11.2 Å². The average molecular weight is 504 g/mol. The smallest absolute Gasteiger partial charge is 0.261 e. The third kappa shape index (κ3) is 4.73. The van der Waals surface area contributed by atoms with E-state index in [9.17, 15) is 9.59 Å². The van der Waals surface area contributed by atoms with Crippen molar-refractivity contribution in [3.8, 4) is 5.75 Å². The van der Waals surface area contributed by atoms with Gasteiger partial charge in [-0.25, -0.2) is 9.50 Å². The highest BCUT2D eigenvalue weighted by atomic mass is 16.5. The molecule has 0 saturated carbocycles. The molecule has 1 N–H and O–H groups in total. The summed E-state index contributed by atoms with van der Waals surface area (Å²) in [5, 5.41) is 7.39. The van der Waals surface area contributed by atoms with Crippen LogP contribution in [0, 0.1) is 0 Å². The van der Waals surface area contributed by atoms with Gasteiger partial charge in [0.2, 0.25) is 5.91 Å². The molecule has 0 bridgehead atoms. The number of hydrogen-bond acceptors (Lipinski definition) is 7. The molecule has 2 saturated heterocycles. The maximum Gasteiger partial charge on any atom is 0.261 e. The van der Waals surface area contributed by atoms with Crippen molar-refractivity contribution < 1.29 is 14.3 Å². The van der Waals surface area contributed by atoms with Crippen molar-refractivity contribution in [2.45, 2.75) is 38.7 Å². The monoisotopic (exact) mass is 503 g/mol. The van der Waals surface area contributed by atoms with Crippen LogP contribution >= 0.6 is 0 Å². The number of benzene rings is 1. The molecule has 5 heterocycles. The highest BCUT2D eigenvalue weighted by Gasteiger charge is 2.33. The first-order chi connectivity index (χ1) is 17.9. The van der Waals surface area contributed by atoms with E-state index in [2.05, 4.69) is 45.1 Å². The van der Waals surface area contributed by atoms with Crippen LogP contribution in [0.3, 0.4) is 0 Å². The van der Waals surface area contributed by atoms with Gasteiger partial charge in [0.05, 0.1) is 24.1 Å². The Labute approximate surface area is 216 Å². The number of anilines is 2. The number of likely N-dealkylation sites (tertiary alicyclic amines) is 1. The highest BCUT2D eigenvalue weighted by Crippen LogP contribution is 2.42. The number of amides is 2. The first kappa shape index (κ1) is 23.7. The Hall–Kier alpha value is -3.66. The van der Waals surface area contributed by atoms with Crippen LogP contribution in [0.4, 0.5) is 11.4 Å². The Morgan fingerprint density at radius 2 is 1.86 bits per heavy atom. The fourth-order valence-corrected chi connectivity index (χ4v) is 5.58. The number of rotatable bonds is 5. The van der Waals surface area contributed by atoms with Crippen LogP contribution in [0.15, 0.2) is 36.8 Å². The third-order valence-electron chi connectivity index (χ3n) is 7.48. The number of carbonyl (C=O) groups excluding carboxylic acids is 2. The SMILES string of the molecule is CC1(C)Cc2cc(NC(=O)c3cnn4cccnc34)c(N3CCN(CC(=O)N4CCCC4)CC3)cc2O1. The van der Waals surface area contributed by atoms with Crippen LogP contribution in [0.25, 0.3) is 5.65 Å². The van der Waals surface area contributed by atoms with Crippen molar-refractivity contribution in [2.75, 3.05) is 56.0 Å². The van der Waals surface area contributed by atoms with E-state index in [1.54, 1.807) is 29.2 Å². The Morgan fingerprint density at radius 3 is 2.65 bits per heavy atom. The second kappa shape index (κ2) is 9.33. The fraction of sp³-hybridized carbons (Fsp3) is 0.481. The Morgan fingerprint density at radius 1 is 1.08 bits per heavy atom. The summed E-state index contributed by atoms with van der Waals surface area (Å²) in [6.45, 7) is 9.49. The molecule has 0 atom stereocenters. The van der Waals surface area contributed by atoms with E-state index in [-0.39, 0.29) is 17.4 Å². The molecule has 6 rings (SSSR count). The summed E-state index contributed by atoms with van der Waals surface area (Å²) in [4.78, 5) is 36.8. The summed E-state index contributed by atoms with van der Waals surface area (Å²) in [5.41, 5.74) is 3.42. The zero-order valence-electron chi connectivity index (χ0n) is 21.4. The maximum absolute atomic E-state index is 13.3. The fourth-order valence-electron chi connectivity index (χ4n) is 5.58. The predicted octanol–water partition coefficient (Wildman–Crippen LogP) is 2.44. The lowest BCUT2D eigenvalue weighted by molar-refractivity contribution is -0.131. The van der Waals surface area contributed by atoms with Gasteiger partial charge in [-0.15, -0.1) is 0 Å². The minimum absolute atomic E-state index is 0.231. The summed E-state index contributed by atoms with van der Waals surface area (Å²) in [5.74, 6) is 0.847. The Kier molecular flexibility index (Phi) is 5.98. The molecule has 3 aliphatic rings. The number of aromatic nitrogens is 3. The van der Waals surface area contributed by atoms with Gasteiger partial charge < -0.3 is 19.9 Å². The van der Waals surface area contributed by atoms with E-state index in [4.69, 9.17) is 4.74 Å². The van der Waals surface area contributed by atoms with Gasteiger partial charge >= 0.3 is 0 Å². The molecule has 2 amide bonds. The molecule has 3 aromatic rings. The molecule has 0 radical (unpaired) electrons. The minimum atomic E-state index is -0.288. The van der Waals surface area contributed by atoms with Gasteiger partial charge in [0, 0.05) is 69.7 Å². The summed E-state index contributed by atoms with van der Waals surface area (Å²) >= 11 is 0. The topological polar surface area (TPSA) is 95.3 Å². The summed E-state index contributed by atoms with van der Waals surface area (Å²) in [6, 6.07) is 5.87. The molecule has 10 nitrogen and oxygen atoms in total. The number of piperazine rings is 1. The Bertz CT molecular complexity index is 1340. The summed E-state index contributed by atoms with van der Waals surface area (Å²) in [7, 11) is 0. The van der Waals surface area contributed by atoms with Crippen LogP contribution in [0.1, 0.15) is 42.6 Å². The molecule has 2 aromatic heterocycles. The van der Waals surface area contributed by atoms with Gasteiger partial charge in [-0.3, -0.25) is 14.5 Å². The second-order valence-corrected chi connectivity index (χ2v) is 10.8. The molecule has 0 unspecified atom stereocenters. The quantitative estimate of drug-likeness (QED) is 0.571. The van der Waals surface area contributed by atoms with Crippen LogP contribution in [-0.4, -0.2) is 87.6 Å². The van der Waals surface area contributed by atoms with Crippen LogP contribution in [0.5, 0.6) is 5.75 Å². The van der Waals surface area contributed by atoms with Gasteiger partial charge in [-0.1, -0.05) is 0 Å². The van der Waals surface area contributed by atoms with Crippen molar-refractivity contribution in [1.29, 1.82) is 0 Å². The lowest BCUT2D eigenvalue weighted by Crippen LogP contribution is -2.50. The second-order valence-electron chi connectivity index (χ2n) is 10.8. The zero-order valence-corrected chi connectivity index (χ0v) is 21.4. The molecule has 194 valence electrons. The standard InChI is InChI=1S/C27H33N7O3/c1-27(2)16-19-14-21(30-26(36)20-17-29-34-9-5-6-28-25(20)34)22(15-23(19)37-27)32-12-10-31(11-13-32)18-24(35)33-7-3-4-8-33/h5-6,9,14-15,17H,3-4,7-8,10-13,16,18H2,1-2H3,(H,30,36). The van der Waals surface area contributed by atoms with Crippen molar-refractivity contribution >= 4 is 28.8 Å². The van der Waals surface area contributed by atoms with Gasteiger partial charge in [0.25, 0.3) is 5.91 Å². The lowest BCUT2D eigenvalue weighted by atomic mass is 10.0. The van der Waals surface area contributed by atoms with Gasteiger partial charge in [0.15, 0.2) is 5.65 Å². The van der Waals surface area contributed by atoms with E-state index in [1.165, 1.54) is 0 Å². The zero-order chi connectivity index (χ0) is 25.6. The molecule has 0 spiro atoms. The molecule has 0 aliphatic carbocycles. The largest absolute Gasteiger partial charge is 0.487 e. The van der Waals surface area contributed by atoms with Crippen LogP contribution in [0.2, 0.25) is 0 Å². The number of fused-ring (bicyclic) bond motifs is 2. The molecular formula is C27H33N7O3. The Balaban J connectivity index is 1.22. The average Bonchev–Trinajstić information content (AvgIpc) is 3.62. The predicted molar refractivity (Wildman–Crippen MR) is 140 cm³/mol. The van der Waals surface area contributed by atoms with Crippen molar-refractivity contribution in [3.63, 3.8) is 0 Å². The number of hydrogen-bond donors (Lipinski definition) is 1. The molecule has 37 heavy (non-hydrogen) atoms. The first-order valence-corrected chi connectivity index (χ1v) is 13.1. The summed E-state index contributed by atoms with van der Waals surface area (Å²) < 4.78 is 7.82. The van der Waals surface area contributed by atoms with Gasteiger partial charge in [-0.05, 0) is 38.8 Å². The van der Waals surface area contributed by atoms with Crippen molar-refractivity contribution in [2.24, 2.45) is 0 Å². The first-order valence-electron chi connectivity index (χ1n) is 13.1. The molecule has 10 heteroatoms. The molecule has 3 aliphatic heterocycles. The van der Waals surface area contributed by atoms with Gasteiger partial charge in [0.1, 0.15) is 16.9 Å². The van der Waals surface area contributed by atoms with E-state index < -0.39 is 0 Å². The van der Waals surface area contributed by atoms with E-state index in [1.807, 2.05) is 11.0 Å². The van der Waals surface area contributed by atoms with E-state index in [0.717, 1.165) is 81.2 Å². The van der Waals surface area contributed by atoms with Gasteiger partial charge in [-0.2, -0.15) is 5.10 Å². The summed E-state index contributed by atoms with van der Waals surface area (Å²) in [6.07, 6.45) is 7.96. The number of nitrogens with one attached hydrogen (secondary N) is 1. The minimum Gasteiger partial charge on any atom is -0.487 e. The number of carbonyl (C=O) groups is 2. The highest BCUT2D eigenvalue weighted by molar-refractivity contribution is 6.09. The van der Waals surface area contributed by atoms with Crippen molar-refractivity contribution in [3.05, 3.63) is 47.9 Å². The number of ether oxygens (including phenoxy) is 1. The number of nitrogens with zero attached hydrogens (tertiary/aromatic N) is 6. The third-order valence-corrected chi connectivity index (χ3v) is 7.48. The molecular weight excluding hydrogens is 470 g/mol. The molecule has 1 aromatic carbocycles. The van der Waals surface area contributed by atoms with E-state index >= 15 is 0 Å². The lowest BCUT2D eigenvalue weighted by Gasteiger charge is -2.37. The van der Waals surface area contributed by atoms with E-state index in [0.29, 0.717) is 17.8 Å². The maximum atomic E-state index is 13.3. The van der Waals surface area contributed by atoms with Crippen molar-refractivity contribution in [1.82, 2.24) is 24.4 Å². The molecule has 2 fully saturated rings. The van der Waals surface area contributed by atoms with Crippen LogP contribution < -0.4 is 15.0 Å².